The molecule has 1 heterocycles. The number of rotatable bonds is 0. The molecular formula is C15H24N2. The molecule has 0 saturated heterocycles. The minimum Gasteiger partial charge on any atom is -0.383 e. The first-order valence-electron chi connectivity index (χ1n) is 6.48. The number of hydrogen-bond donors (Lipinski definition) is 1. The number of nitrogens with one attached hydrogen (secondary N) is 1. The average Bonchev–Trinajstić information content (AvgIpc) is 2.37. The normalized spacial score (nSPS) is 20.5. The monoisotopic (exact) mass is 232 g/mol. The Morgan fingerprint density at radius 1 is 1.29 bits per heavy atom. The van der Waals surface area contributed by atoms with Crippen LogP contribution >= 0.6 is 0 Å². The minimum absolute atomic E-state index is 0.187. The van der Waals surface area contributed by atoms with Crippen molar-refractivity contribution < 1.29 is 0 Å². The van der Waals surface area contributed by atoms with E-state index in [0.717, 1.165) is 13.1 Å². The number of hydrogen-bond acceptors (Lipinski definition) is 2. The molecule has 1 N–H and O–H groups in total. The molecule has 0 aromatic heterocycles. The van der Waals surface area contributed by atoms with E-state index in [1.165, 1.54) is 16.9 Å². The lowest BCUT2D eigenvalue weighted by Gasteiger charge is -2.27. The van der Waals surface area contributed by atoms with E-state index >= 15 is 0 Å². The van der Waals surface area contributed by atoms with Gasteiger partial charge in [0.1, 0.15) is 0 Å². The molecule has 0 bridgehead atoms. The van der Waals surface area contributed by atoms with Crippen LogP contribution in [0.25, 0.3) is 0 Å². The molecule has 0 saturated carbocycles. The van der Waals surface area contributed by atoms with Crippen LogP contribution in [0.4, 0.5) is 11.4 Å². The Bertz CT molecular complexity index is 404. The third-order valence-corrected chi connectivity index (χ3v) is 3.47. The fraction of sp³-hybridized carbons (Fsp3) is 0.600. The highest BCUT2D eigenvalue weighted by Crippen LogP contribution is 2.37. The lowest BCUT2D eigenvalue weighted by atomic mass is 9.85. The molecule has 1 aliphatic heterocycles. The highest BCUT2D eigenvalue weighted by Gasteiger charge is 2.24. The van der Waals surface area contributed by atoms with Crippen LogP contribution in [0.3, 0.4) is 0 Å². The van der Waals surface area contributed by atoms with Crippen LogP contribution < -0.4 is 10.2 Å². The van der Waals surface area contributed by atoms with Crippen LogP contribution in [0, 0.1) is 5.92 Å². The second-order valence-electron chi connectivity index (χ2n) is 6.32. The predicted octanol–water partition coefficient (Wildman–Crippen LogP) is 3.48. The van der Waals surface area contributed by atoms with Gasteiger partial charge in [-0.05, 0) is 23.0 Å². The van der Waals surface area contributed by atoms with Crippen molar-refractivity contribution in [2.45, 2.75) is 33.1 Å². The van der Waals surface area contributed by atoms with Crippen LogP contribution in [0.15, 0.2) is 18.2 Å². The summed E-state index contributed by atoms with van der Waals surface area (Å²) in [7, 11) is 2.19. The van der Waals surface area contributed by atoms with E-state index in [1.807, 2.05) is 0 Å². The summed E-state index contributed by atoms with van der Waals surface area (Å²) in [4.78, 5) is 2.37. The van der Waals surface area contributed by atoms with Crippen molar-refractivity contribution in [2.75, 3.05) is 30.4 Å². The van der Waals surface area contributed by atoms with Crippen molar-refractivity contribution in [1.82, 2.24) is 0 Å². The van der Waals surface area contributed by atoms with E-state index in [0.29, 0.717) is 5.92 Å². The quantitative estimate of drug-likeness (QED) is 0.736. The molecule has 1 aliphatic rings. The number of benzene rings is 1. The van der Waals surface area contributed by atoms with E-state index in [9.17, 15) is 0 Å². The largest absolute Gasteiger partial charge is 0.383 e. The van der Waals surface area contributed by atoms with Gasteiger partial charge in [0.15, 0.2) is 0 Å². The van der Waals surface area contributed by atoms with Gasteiger partial charge in [-0.15, -0.1) is 0 Å². The van der Waals surface area contributed by atoms with E-state index in [1.54, 1.807) is 0 Å². The van der Waals surface area contributed by atoms with Crippen LogP contribution in [0.1, 0.15) is 33.3 Å². The Morgan fingerprint density at radius 3 is 2.65 bits per heavy atom. The van der Waals surface area contributed by atoms with Crippen LogP contribution in [0.2, 0.25) is 0 Å². The summed E-state index contributed by atoms with van der Waals surface area (Å²) in [5, 5.41) is 3.64. The summed E-state index contributed by atoms with van der Waals surface area (Å²) < 4.78 is 0. The zero-order chi connectivity index (χ0) is 12.6. The van der Waals surface area contributed by atoms with Crippen LogP contribution in [-0.2, 0) is 5.41 Å². The van der Waals surface area contributed by atoms with Gasteiger partial charge in [0.25, 0.3) is 0 Å². The topological polar surface area (TPSA) is 15.3 Å². The summed E-state index contributed by atoms with van der Waals surface area (Å²) in [5.74, 6) is 0.681. The lowest BCUT2D eigenvalue weighted by Crippen LogP contribution is -2.23. The van der Waals surface area contributed by atoms with Gasteiger partial charge in [0, 0.05) is 20.1 Å². The minimum atomic E-state index is 0.187. The van der Waals surface area contributed by atoms with Crippen molar-refractivity contribution >= 4 is 11.4 Å². The molecule has 2 rings (SSSR count). The number of fused-ring (bicyclic) bond motifs is 1. The lowest BCUT2D eigenvalue weighted by molar-refractivity contribution is 0.590. The predicted molar refractivity (Wildman–Crippen MR) is 76.1 cm³/mol. The first-order valence-corrected chi connectivity index (χ1v) is 6.48. The standard InChI is InChI=1S/C15H24N2/c1-11-9-16-14-12(15(2,3)4)7-6-8-13(14)17(5)10-11/h6-8,11,16H,9-10H2,1-5H3. The first-order chi connectivity index (χ1) is 7.89. The highest BCUT2D eigenvalue weighted by molar-refractivity contribution is 5.75. The van der Waals surface area contributed by atoms with Gasteiger partial charge in [-0.25, -0.2) is 0 Å². The van der Waals surface area contributed by atoms with E-state index in [-0.39, 0.29) is 5.41 Å². The van der Waals surface area contributed by atoms with Gasteiger partial charge in [-0.1, -0.05) is 39.8 Å². The zero-order valence-corrected chi connectivity index (χ0v) is 11.7. The summed E-state index contributed by atoms with van der Waals surface area (Å²) in [6, 6.07) is 6.64. The van der Waals surface area contributed by atoms with Gasteiger partial charge in [-0.3, -0.25) is 0 Å². The maximum Gasteiger partial charge on any atom is 0.0616 e. The molecular weight excluding hydrogens is 208 g/mol. The molecule has 17 heavy (non-hydrogen) atoms. The summed E-state index contributed by atoms with van der Waals surface area (Å²) in [6.07, 6.45) is 0. The van der Waals surface area contributed by atoms with E-state index in [4.69, 9.17) is 0 Å². The van der Waals surface area contributed by atoms with E-state index in [2.05, 4.69) is 63.2 Å². The van der Waals surface area contributed by atoms with Gasteiger partial charge >= 0.3 is 0 Å². The Hall–Kier alpha value is -1.18. The molecule has 94 valence electrons. The first kappa shape index (κ1) is 12.3. The van der Waals surface area contributed by atoms with Crippen molar-refractivity contribution in [3.63, 3.8) is 0 Å². The smallest absolute Gasteiger partial charge is 0.0616 e. The number of nitrogens with zero attached hydrogens (tertiary/aromatic N) is 1. The van der Waals surface area contributed by atoms with Crippen LogP contribution in [-0.4, -0.2) is 20.1 Å². The molecule has 1 atom stereocenters. The zero-order valence-electron chi connectivity index (χ0n) is 11.7. The van der Waals surface area contributed by atoms with Gasteiger partial charge in [0.05, 0.1) is 11.4 Å². The maximum absolute atomic E-state index is 3.64. The molecule has 0 amide bonds. The molecule has 2 nitrogen and oxygen atoms in total. The van der Waals surface area contributed by atoms with Gasteiger partial charge < -0.3 is 10.2 Å². The molecule has 1 unspecified atom stereocenters. The molecule has 0 spiro atoms. The van der Waals surface area contributed by atoms with Crippen molar-refractivity contribution in [2.24, 2.45) is 5.92 Å². The third-order valence-electron chi connectivity index (χ3n) is 3.47. The molecule has 0 fully saturated rings. The summed E-state index contributed by atoms with van der Waals surface area (Å²) in [5.41, 5.74) is 4.26. The molecule has 1 aromatic carbocycles. The van der Waals surface area contributed by atoms with E-state index < -0.39 is 0 Å². The highest BCUT2D eigenvalue weighted by atomic mass is 15.1. The third kappa shape index (κ3) is 2.41. The Kier molecular flexibility index (Phi) is 3.07. The van der Waals surface area contributed by atoms with Gasteiger partial charge in [0.2, 0.25) is 0 Å². The number of anilines is 2. The SMILES string of the molecule is CC1CNc2c(cccc2C(C)(C)C)N(C)C1. The molecule has 0 aliphatic carbocycles. The second kappa shape index (κ2) is 4.25. The van der Waals surface area contributed by atoms with Crippen molar-refractivity contribution in [3.05, 3.63) is 23.8 Å². The number of para-hydroxylation sites is 1. The fourth-order valence-corrected chi connectivity index (χ4v) is 2.58. The molecule has 1 aromatic rings. The van der Waals surface area contributed by atoms with Crippen molar-refractivity contribution in [1.29, 1.82) is 0 Å². The van der Waals surface area contributed by atoms with Crippen molar-refractivity contribution in [3.8, 4) is 0 Å². The Morgan fingerprint density at radius 2 is 2.00 bits per heavy atom. The van der Waals surface area contributed by atoms with Crippen LogP contribution in [0.5, 0.6) is 0 Å². The summed E-state index contributed by atoms with van der Waals surface area (Å²) in [6.45, 7) is 11.3. The Balaban J connectivity index is 2.51. The molecule has 0 radical (unpaired) electrons. The maximum atomic E-state index is 3.64. The second-order valence-corrected chi connectivity index (χ2v) is 6.32. The molecule has 2 heteroatoms. The Labute approximate surface area is 105 Å². The van der Waals surface area contributed by atoms with Gasteiger partial charge in [-0.2, -0.15) is 0 Å². The fourth-order valence-electron chi connectivity index (χ4n) is 2.58. The summed E-state index contributed by atoms with van der Waals surface area (Å²) >= 11 is 0. The average molecular weight is 232 g/mol.